The summed E-state index contributed by atoms with van der Waals surface area (Å²) >= 11 is 0. The molecule has 1 heterocycles. The Bertz CT molecular complexity index is 136. The molecule has 72 valence electrons. The minimum Gasteiger partial charge on any atom is -0.317 e. The van der Waals surface area contributed by atoms with Gasteiger partial charge < -0.3 is 10.2 Å². The highest BCUT2D eigenvalue weighted by atomic mass is 15.1. The van der Waals surface area contributed by atoms with E-state index >= 15 is 0 Å². The van der Waals surface area contributed by atoms with Crippen molar-refractivity contribution >= 4 is 0 Å². The fourth-order valence-corrected chi connectivity index (χ4v) is 2.02. The Morgan fingerprint density at radius 1 is 1.50 bits per heavy atom. The minimum absolute atomic E-state index is 0.682. The summed E-state index contributed by atoms with van der Waals surface area (Å²) in [5, 5.41) is 3.35. The molecule has 1 saturated heterocycles. The summed E-state index contributed by atoms with van der Waals surface area (Å²) in [6.07, 6.45) is 2.70. The first kappa shape index (κ1) is 10.0. The van der Waals surface area contributed by atoms with Gasteiger partial charge in [0.1, 0.15) is 0 Å². The van der Waals surface area contributed by atoms with Gasteiger partial charge in [-0.3, -0.25) is 0 Å². The first-order valence-electron chi connectivity index (χ1n) is 5.02. The molecular formula is C10H22N2. The van der Waals surface area contributed by atoms with E-state index in [1.54, 1.807) is 0 Å². The van der Waals surface area contributed by atoms with Crippen molar-refractivity contribution in [3.8, 4) is 0 Å². The SMILES string of the molecule is CNC(C)C1CCN(C)C(C)C1. The molecule has 2 nitrogen and oxygen atoms in total. The second kappa shape index (κ2) is 4.24. The lowest BCUT2D eigenvalue weighted by atomic mass is 9.87. The zero-order valence-electron chi connectivity index (χ0n) is 8.80. The Morgan fingerprint density at radius 2 is 2.17 bits per heavy atom. The molecule has 0 aromatic carbocycles. The number of hydrogen-bond donors (Lipinski definition) is 1. The van der Waals surface area contributed by atoms with Gasteiger partial charge in [-0.15, -0.1) is 0 Å². The standard InChI is InChI=1S/C10H22N2/c1-8-7-10(9(2)11-3)5-6-12(8)4/h8-11H,5-7H2,1-4H3. The lowest BCUT2D eigenvalue weighted by molar-refractivity contribution is 0.136. The van der Waals surface area contributed by atoms with Crippen LogP contribution >= 0.6 is 0 Å². The summed E-state index contributed by atoms with van der Waals surface area (Å²) in [5.41, 5.74) is 0. The maximum Gasteiger partial charge on any atom is 0.00671 e. The summed E-state index contributed by atoms with van der Waals surface area (Å²) in [6.45, 7) is 5.88. The molecule has 0 aliphatic carbocycles. The molecular weight excluding hydrogens is 148 g/mol. The van der Waals surface area contributed by atoms with Crippen LogP contribution in [0.15, 0.2) is 0 Å². The van der Waals surface area contributed by atoms with Crippen LogP contribution < -0.4 is 5.32 Å². The van der Waals surface area contributed by atoms with Gasteiger partial charge in [-0.05, 0) is 53.2 Å². The third-order valence-corrected chi connectivity index (χ3v) is 3.41. The van der Waals surface area contributed by atoms with E-state index < -0.39 is 0 Å². The van der Waals surface area contributed by atoms with Crippen LogP contribution in [0.2, 0.25) is 0 Å². The number of hydrogen-bond acceptors (Lipinski definition) is 2. The molecule has 1 rings (SSSR count). The average Bonchev–Trinajstić information content (AvgIpc) is 2.08. The van der Waals surface area contributed by atoms with Crippen molar-refractivity contribution in [3.63, 3.8) is 0 Å². The summed E-state index contributed by atoms with van der Waals surface area (Å²) in [6, 6.07) is 1.45. The number of nitrogens with zero attached hydrogens (tertiary/aromatic N) is 1. The van der Waals surface area contributed by atoms with Gasteiger partial charge in [-0.25, -0.2) is 0 Å². The van der Waals surface area contributed by atoms with Crippen molar-refractivity contribution in [3.05, 3.63) is 0 Å². The predicted octanol–water partition coefficient (Wildman–Crippen LogP) is 1.32. The van der Waals surface area contributed by atoms with Gasteiger partial charge in [0, 0.05) is 12.1 Å². The molecule has 0 saturated carbocycles. The van der Waals surface area contributed by atoms with Crippen LogP contribution in [0.3, 0.4) is 0 Å². The van der Waals surface area contributed by atoms with Crippen LogP contribution in [0.5, 0.6) is 0 Å². The third-order valence-electron chi connectivity index (χ3n) is 3.41. The number of nitrogens with one attached hydrogen (secondary N) is 1. The molecule has 0 bridgehead atoms. The van der Waals surface area contributed by atoms with E-state index in [1.165, 1.54) is 19.4 Å². The van der Waals surface area contributed by atoms with Gasteiger partial charge >= 0.3 is 0 Å². The largest absolute Gasteiger partial charge is 0.317 e. The normalized spacial score (nSPS) is 35.0. The van der Waals surface area contributed by atoms with Crippen LogP contribution in [0.25, 0.3) is 0 Å². The van der Waals surface area contributed by atoms with Crippen LogP contribution in [-0.4, -0.2) is 37.6 Å². The van der Waals surface area contributed by atoms with E-state index in [0.29, 0.717) is 6.04 Å². The summed E-state index contributed by atoms with van der Waals surface area (Å²) in [4.78, 5) is 2.46. The van der Waals surface area contributed by atoms with Crippen molar-refractivity contribution in [1.82, 2.24) is 10.2 Å². The second-order valence-corrected chi connectivity index (χ2v) is 4.19. The van der Waals surface area contributed by atoms with E-state index in [9.17, 15) is 0 Å². The number of likely N-dealkylation sites (tertiary alicyclic amines) is 1. The van der Waals surface area contributed by atoms with Crippen molar-refractivity contribution in [2.24, 2.45) is 5.92 Å². The van der Waals surface area contributed by atoms with Crippen molar-refractivity contribution < 1.29 is 0 Å². The molecule has 0 aromatic heterocycles. The number of piperidine rings is 1. The molecule has 2 heteroatoms. The predicted molar refractivity (Wildman–Crippen MR) is 53.3 cm³/mol. The molecule has 1 N–H and O–H groups in total. The van der Waals surface area contributed by atoms with Gasteiger partial charge in [0.05, 0.1) is 0 Å². The van der Waals surface area contributed by atoms with Gasteiger partial charge in [-0.1, -0.05) is 0 Å². The minimum atomic E-state index is 0.682. The highest BCUT2D eigenvalue weighted by molar-refractivity contribution is 4.81. The highest BCUT2D eigenvalue weighted by Gasteiger charge is 2.25. The van der Waals surface area contributed by atoms with Crippen LogP contribution in [0.1, 0.15) is 26.7 Å². The van der Waals surface area contributed by atoms with E-state index in [2.05, 4.69) is 38.2 Å². The smallest absolute Gasteiger partial charge is 0.00671 e. The van der Waals surface area contributed by atoms with Gasteiger partial charge in [0.2, 0.25) is 0 Å². The molecule has 12 heavy (non-hydrogen) atoms. The second-order valence-electron chi connectivity index (χ2n) is 4.19. The average molecular weight is 170 g/mol. The molecule has 1 aliphatic heterocycles. The van der Waals surface area contributed by atoms with Gasteiger partial charge in [0.15, 0.2) is 0 Å². The van der Waals surface area contributed by atoms with Crippen LogP contribution in [0.4, 0.5) is 0 Å². The van der Waals surface area contributed by atoms with E-state index in [0.717, 1.165) is 12.0 Å². The molecule has 0 radical (unpaired) electrons. The van der Waals surface area contributed by atoms with Gasteiger partial charge in [0.25, 0.3) is 0 Å². The zero-order chi connectivity index (χ0) is 9.14. The Balaban J connectivity index is 2.39. The van der Waals surface area contributed by atoms with Crippen molar-refractivity contribution in [2.75, 3.05) is 20.6 Å². The first-order chi connectivity index (χ1) is 5.65. The molecule has 3 atom stereocenters. The molecule has 0 aromatic rings. The van der Waals surface area contributed by atoms with E-state index in [4.69, 9.17) is 0 Å². The van der Waals surface area contributed by atoms with Crippen molar-refractivity contribution in [2.45, 2.75) is 38.8 Å². The highest BCUT2D eigenvalue weighted by Crippen LogP contribution is 2.23. The van der Waals surface area contributed by atoms with Gasteiger partial charge in [-0.2, -0.15) is 0 Å². The monoisotopic (exact) mass is 170 g/mol. The Kier molecular flexibility index (Phi) is 3.53. The van der Waals surface area contributed by atoms with Crippen LogP contribution in [-0.2, 0) is 0 Å². The first-order valence-corrected chi connectivity index (χ1v) is 5.02. The van der Waals surface area contributed by atoms with E-state index in [-0.39, 0.29) is 0 Å². The topological polar surface area (TPSA) is 15.3 Å². The maximum absolute atomic E-state index is 3.35. The third kappa shape index (κ3) is 2.20. The van der Waals surface area contributed by atoms with E-state index in [1.807, 2.05) is 0 Å². The van der Waals surface area contributed by atoms with Crippen LogP contribution in [0, 0.1) is 5.92 Å². The Labute approximate surface area is 76.3 Å². The fourth-order valence-electron chi connectivity index (χ4n) is 2.02. The molecule has 0 amide bonds. The Morgan fingerprint density at radius 3 is 2.67 bits per heavy atom. The quantitative estimate of drug-likeness (QED) is 0.672. The fraction of sp³-hybridized carbons (Fsp3) is 1.00. The lowest BCUT2D eigenvalue weighted by Gasteiger charge is -2.37. The maximum atomic E-state index is 3.35. The molecule has 0 spiro atoms. The zero-order valence-corrected chi connectivity index (χ0v) is 8.80. The van der Waals surface area contributed by atoms with Crippen molar-refractivity contribution in [1.29, 1.82) is 0 Å². The summed E-state index contributed by atoms with van der Waals surface area (Å²) in [5.74, 6) is 0.876. The number of rotatable bonds is 2. The molecule has 3 unspecified atom stereocenters. The molecule has 1 fully saturated rings. The lowest BCUT2D eigenvalue weighted by Crippen LogP contribution is -2.43. The summed E-state index contributed by atoms with van der Waals surface area (Å²) in [7, 11) is 4.29. The molecule has 1 aliphatic rings. The summed E-state index contributed by atoms with van der Waals surface area (Å²) < 4.78 is 0. The Hall–Kier alpha value is -0.0800.